The van der Waals surface area contributed by atoms with Gasteiger partial charge >= 0.3 is 0 Å². The lowest BCUT2D eigenvalue weighted by Gasteiger charge is -2.34. The fraction of sp³-hybridized carbons (Fsp3) is 0.524. The molecule has 1 aliphatic rings. The zero-order chi connectivity index (χ0) is 19.3. The Bertz CT molecular complexity index is 1000. The van der Waals surface area contributed by atoms with Crippen LogP contribution < -0.4 is 0 Å². The van der Waals surface area contributed by atoms with E-state index in [0.717, 1.165) is 51.1 Å². The second-order valence-corrected chi connectivity index (χ2v) is 8.59. The second kappa shape index (κ2) is 6.64. The van der Waals surface area contributed by atoms with Crippen molar-refractivity contribution in [1.29, 1.82) is 0 Å². The lowest BCUT2D eigenvalue weighted by atomic mass is 10.1. The van der Waals surface area contributed by atoms with E-state index in [-0.39, 0.29) is 0 Å². The highest BCUT2D eigenvalue weighted by molar-refractivity contribution is 6.29. The number of fused-ring (bicyclic) bond motifs is 1. The molecule has 0 aromatic carbocycles. The number of nitrogens with zero attached hydrogens (tertiary/aromatic N) is 4. The van der Waals surface area contributed by atoms with E-state index < -0.39 is 0 Å². The van der Waals surface area contributed by atoms with Gasteiger partial charge in [-0.3, -0.25) is 0 Å². The first-order chi connectivity index (χ1) is 12.8. The van der Waals surface area contributed by atoms with E-state index in [0.29, 0.717) is 5.15 Å². The van der Waals surface area contributed by atoms with Gasteiger partial charge in [-0.05, 0) is 38.8 Å². The molecule has 0 aliphatic heterocycles. The van der Waals surface area contributed by atoms with E-state index in [2.05, 4.69) is 25.9 Å². The fourth-order valence-electron chi connectivity index (χ4n) is 4.35. The van der Waals surface area contributed by atoms with Crippen LogP contribution in [0, 0.1) is 20.8 Å². The molecule has 3 aromatic rings. The Morgan fingerprint density at radius 2 is 2.04 bits per heavy atom. The third kappa shape index (κ3) is 3.17. The van der Waals surface area contributed by atoms with E-state index >= 15 is 0 Å². The van der Waals surface area contributed by atoms with Gasteiger partial charge in [0.2, 0.25) is 5.71 Å². The minimum atomic E-state index is 0.503. The van der Waals surface area contributed by atoms with Gasteiger partial charge < -0.3 is 8.90 Å². The predicted octanol–water partition coefficient (Wildman–Crippen LogP) is 5.09. The maximum absolute atomic E-state index is 6.24. The first-order valence-electron chi connectivity index (χ1n) is 9.78. The largest absolute Gasteiger partial charge is 0.441 e. The highest BCUT2D eigenvalue weighted by Crippen LogP contribution is 2.37. The minimum Gasteiger partial charge on any atom is -0.441 e. The Labute approximate surface area is 165 Å². The molecule has 1 aliphatic carbocycles. The van der Waals surface area contributed by atoms with Gasteiger partial charge in [-0.2, -0.15) is 9.61 Å². The van der Waals surface area contributed by atoms with Gasteiger partial charge in [0, 0.05) is 24.6 Å². The van der Waals surface area contributed by atoms with Crippen molar-refractivity contribution in [2.45, 2.75) is 59.5 Å². The Hall–Kier alpha value is -1.85. The Morgan fingerprint density at radius 1 is 1.30 bits per heavy atom. The van der Waals surface area contributed by atoms with Gasteiger partial charge in [-0.15, -0.1) is 0 Å². The number of halogens is 1. The summed E-state index contributed by atoms with van der Waals surface area (Å²) < 4.78 is 9.28. The van der Waals surface area contributed by atoms with Crippen LogP contribution in [0.3, 0.4) is 0 Å². The third-order valence-electron chi connectivity index (χ3n) is 5.95. The summed E-state index contributed by atoms with van der Waals surface area (Å²) in [7, 11) is 2.38. The topological polar surface area (TPSA) is 43.3 Å². The zero-order valence-electron chi connectivity index (χ0n) is 16.8. The predicted molar refractivity (Wildman–Crippen MR) is 108 cm³/mol. The number of aryl methyl sites for hydroxylation is 3. The van der Waals surface area contributed by atoms with Crippen LogP contribution in [0.2, 0.25) is 5.15 Å². The average molecular weight is 388 g/mol. The molecule has 3 aromatic heterocycles. The highest BCUT2D eigenvalue weighted by Gasteiger charge is 2.42. The number of rotatable bonds is 6. The van der Waals surface area contributed by atoms with Crippen molar-refractivity contribution in [2.75, 3.05) is 13.6 Å². The molecule has 0 N–H and O–H groups in total. The number of oxazole rings is 1. The van der Waals surface area contributed by atoms with Gasteiger partial charge in [0.1, 0.15) is 23.2 Å². The SMILES string of the molecule is CCC[N+](C)(Cc1c(C)nn2c(-c3cnc(Cl)cc3C)c(C)oc12)C1CC1. The average Bonchev–Trinajstić information content (AvgIpc) is 3.36. The van der Waals surface area contributed by atoms with E-state index in [1.165, 1.54) is 31.4 Å². The van der Waals surface area contributed by atoms with Crippen LogP contribution in [0.1, 0.15) is 48.8 Å². The molecule has 1 atom stereocenters. The molecule has 0 spiro atoms. The summed E-state index contributed by atoms with van der Waals surface area (Å²) >= 11 is 6.04. The Morgan fingerprint density at radius 3 is 2.67 bits per heavy atom. The van der Waals surface area contributed by atoms with Crippen molar-refractivity contribution in [2.24, 2.45) is 0 Å². The van der Waals surface area contributed by atoms with Crippen LogP contribution in [-0.4, -0.2) is 38.7 Å². The molecular formula is C21H28ClN4O+. The van der Waals surface area contributed by atoms with Crippen LogP contribution in [0.25, 0.3) is 17.0 Å². The molecule has 0 saturated heterocycles. The number of aromatic nitrogens is 3. The van der Waals surface area contributed by atoms with Crippen molar-refractivity contribution >= 4 is 17.3 Å². The van der Waals surface area contributed by atoms with Gasteiger partial charge in [0.05, 0.1) is 30.9 Å². The lowest BCUT2D eigenvalue weighted by Crippen LogP contribution is -2.46. The van der Waals surface area contributed by atoms with Gasteiger partial charge in [-0.25, -0.2) is 4.98 Å². The Kier molecular flexibility index (Phi) is 4.55. The van der Waals surface area contributed by atoms with Crippen LogP contribution in [0.4, 0.5) is 0 Å². The van der Waals surface area contributed by atoms with Crippen LogP contribution in [-0.2, 0) is 6.54 Å². The van der Waals surface area contributed by atoms with E-state index in [1.54, 1.807) is 0 Å². The number of hydrogen-bond donors (Lipinski definition) is 0. The number of quaternary nitrogens is 1. The summed E-state index contributed by atoms with van der Waals surface area (Å²) in [5, 5.41) is 5.35. The van der Waals surface area contributed by atoms with E-state index in [4.69, 9.17) is 21.1 Å². The smallest absolute Gasteiger partial charge is 0.231 e. The summed E-state index contributed by atoms with van der Waals surface area (Å²) in [5.74, 6) is 0.863. The normalized spacial score (nSPS) is 16.8. The summed E-state index contributed by atoms with van der Waals surface area (Å²) in [6.45, 7) is 10.6. The van der Waals surface area contributed by atoms with Crippen molar-refractivity contribution in [3.8, 4) is 11.3 Å². The fourth-order valence-corrected chi connectivity index (χ4v) is 4.57. The third-order valence-corrected chi connectivity index (χ3v) is 6.15. The molecular weight excluding hydrogens is 360 g/mol. The molecule has 27 heavy (non-hydrogen) atoms. The second-order valence-electron chi connectivity index (χ2n) is 8.20. The molecule has 0 amide bonds. The van der Waals surface area contributed by atoms with Crippen LogP contribution in [0.15, 0.2) is 16.7 Å². The van der Waals surface area contributed by atoms with Crippen molar-refractivity contribution in [3.63, 3.8) is 0 Å². The summed E-state index contributed by atoms with van der Waals surface area (Å²) in [5.41, 5.74) is 6.20. The summed E-state index contributed by atoms with van der Waals surface area (Å²) in [6.07, 6.45) is 5.66. The minimum absolute atomic E-state index is 0.503. The molecule has 1 saturated carbocycles. The standard InChI is InChI=1S/C21H28ClN4O/c1-6-9-26(5,16-7-8-16)12-18-14(3)24-25-20(15(4)27-21(18)25)17-11-23-19(22)10-13(17)2/h10-11,16H,6-9,12H2,1-5H3/q+1. The molecule has 5 nitrogen and oxygen atoms in total. The van der Waals surface area contributed by atoms with Gasteiger partial charge in [-0.1, -0.05) is 18.5 Å². The zero-order valence-corrected chi connectivity index (χ0v) is 17.6. The van der Waals surface area contributed by atoms with E-state index in [1.807, 2.05) is 30.6 Å². The summed E-state index contributed by atoms with van der Waals surface area (Å²) in [4.78, 5) is 4.27. The van der Waals surface area contributed by atoms with Crippen LogP contribution >= 0.6 is 11.6 Å². The maximum Gasteiger partial charge on any atom is 0.231 e. The summed E-state index contributed by atoms with van der Waals surface area (Å²) in [6, 6.07) is 2.66. The van der Waals surface area contributed by atoms with E-state index in [9.17, 15) is 0 Å². The monoisotopic (exact) mass is 387 g/mol. The molecule has 4 rings (SSSR count). The molecule has 144 valence electrons. The number of hydrogen-bond acceptors (Lipinski definition) is 3. The van der Waals surface area contributed by atoms with Crippen molar-refractivity contribution in [3.05, 3.63) is 40.0 Å². The molecule has 1 unspecified atom stereocenters. The Balaban J connectivity index is 1.82. The molecule has 0 bridgehead atoms. The first-order valence-corrected chi connectivity index (χ1v) is 10.2. The molecule has 0 radical (unpaired) electrons. The lowest BCUT2D eigenvalue weighted by molar-refractivity contribution is -0.933. The molecule has 3 heterocycles. The van der Waals surface area contributed by atoms with Crippen molar-refractivity contribution in [1.82, 2.24) is 14.6 Å². The number of pyridine rings is 1. The van der Waals surface area contributed by atoms with Gasteiger partial charge in [0.25, 0.3) is 0 Å². The highest BCUT2D eigenvalue weighted by atomic mass is 35.5. The first kappa shape index (κ1) is 18.5. The molecule has 1 fully saturated rings. The quantitative estimate of drug-likeness (QED) is 0.437. The maximum atomic E-state index is 6.24. The molecule has 6 heteroatoms. The van der Waals surface area contributed by atoms with Gasteiger partial charge in [0.15, 0.2) is 0 Å². The van der Waals surface area contributed by atoms with Crippen molar-refractivity contribution < 1.29 is 8.90 Å². The van der Waals surface area contributed by atoms with Crippen LogP contribution in [0.5, 0.6) is 0 Å².